The van der Waals surface area contributed by atoms with Crippen LogP contribution in [0.3, 0.4) is 0 Å². The number of amides is 1. The second-order valence-electron chi connectivity index (χ2n) is 7.80. The van der Waals surface area contributed by atoms with Gasteiger partial charge < -0.3 is 10.1 Å². The molecule has 0 heterocycles. The molecule has 0 spiro atoms. The molecular formula is C14H28N2O3S. The molecule has 118 valence electrons. The molecule has 2 N–H and O–H groups in total. The zero-order chi connectivity index (χ0) is 15.8. The van der Waals surface area contributed by atoms with Gasteiger partial charge in [0.2, 0.25) is 0 Å². The fraction of sp³-hybridized carbons (Fsp3) is 0.929. The molecule has 20 heavy (non-hydrogen) atoms. The molecule has 0 aromatic rings. The molecule has 1 amide bonds. The largest absolute Gasteiger partial charge is 0.444 e. The first-order valence-electron chi connectivity index (χ1n) is 7.00. The minimum atomic E-state index is -1.09. The van der Waals surface area contributed by atoms with Gasteiger partial charge in [0.15, 0.2) is 0 Å². The van der Waals surface area contributed by atoms with E-state index in [1.807, 2.05) is 48.5 Å². The Labute approximate surface area is 124 Å². The molecule has 0 aromatic heterocycles. The molecule has 1 rings (SSSR count). The number of hydrogen-bond donors (Lipinski definition) is 2. The summed E-state index contributed by atoms with van der Waals surface area (Å²) in [5.74, 6) is 0. The molecule has 1 fully saturated rings. The molecule has 0 saturated heterocycles. The first-order valence-corrected chi connectivity index (χ1v) is 8.15. The van der Waals surface area contributed by atoms with Crippen molar-refractivity contribution < 1.29 is 13.7 Å². The zero-order valence-corrected chi connectivity index (χ0v) is 14.4. The van der Waals surface area contributed by atoms with Crippen molar-refractivity contribution in [2.45, 2.75) is 83.2 Å². The van der Waals surface area contributed by atoms with Gasteiger partial charge >= 0.3 is 6.09 Å². The molecule has 1 aliphatic rings. The molecule has 1 saturated carbocycles. The highest BCUT2D eigenvalue weighted by Crippen LogP contribution is 2.33. The van der Waals surface area contributed by atoms with Gasteiger partial charge in [0, 0.05) is 11.6 Å². The number of rotatable bonds is 3. The Morgan fingerprint density at radius 2 is 1.70 bits per heavy atom. The highest BCUT2D eigenvalue weighted by molar-refractivity contribution is 7.84. The molecule has 1 atom stereocenters. The average molecular weight is 304 g/mol. The quantitative estimate of drug-likeness (QED) is 0.842. The molecule has 5 nitrogen and oxygen atoms in total. The Balaban J connectivity index is 2.38. The topological polar surface area (TPSA) is 67.4 Å². The summed E-state index contributed by atoms with van der Waals surface area (Å²) in [7, 11) is -1.09. The fourth-order valence-electron chi connectivity index (χ4n) is 2.06. The number of carbonyl (C=O) groups is 1. The van der Waals surface area contributed by atoms with Crippen molar-refractivity contribution in [1.29, 1.82) is 0 Å². The van der Waals surface area contributed by atoms with Gasteiger partial charge in [-0.2, -0.15) is 0 Å². The summed E-state index contributed by atoms with van der Waals surface area (Å²) in [5.41, 5.74) is -0.666. The van der Waals surface area contributed by atoms with Crippen molar-refractivity contribution in [3.05, 3.63) is 0 Å². The number of ether oxygens (including phenoxy) is 1. The first kappa shape index (κ1) is 17.4. The van der Waals surface area contributed by atoms with Crippen LogP contribution >= 0.6 is 0 Å². The second-order valence-corrected chi connectivity index (χ2v) is 9.76. The maximum absolute atomic E-state index is 12.1. The van der Waals surface area contributed by atoms with Crippen molar-refractivity contribution in [3.8, 4) is 0 Å². The Kier molecular flexibility index (Phi) is 4.91. The molecule has 6 heteroatoms. The van der Waals surface area contributed by atoms with E-state index in [9.17, 15) is 9.00 Å². The molecule has 1 aliphatic carbocycles. The van der Waals surface area contributed by atoms with Crippen LogP contribution in [0.5, 0.6) is 0 Å². The smallest absolute Gasteiger partial charge is 0.407 e. The van der Waals surface area contributed by atoms with Crippen molar-refractivity contribution in [3.63, 3.8) is 0 Å². The van der Waals surface area contributed by atoms with Gasteiger partial charge in [-0.1, -0.05) is 0 Å². The van der Waals surface area contributed by atoms with Gasteiger partial charge in [-0.05, 0) is 61.3 Å². The van der Waals surface area contributed by atoms with Crippen molar-refractivity contribution >= 4 is 17.1 Å². The van der Waals surface area contributed by atoms with E-state index in [1.165, 1.54) is 0 Å². The van der Waals surface area contributed by atoms with Crippen LogP contribution in [0.1, 0.15) is 61.3 Å². The van der Waals surface area contributed by atoms with E-state index in [0.29, 0.717) is 0 Å². The maximum atomic E-state index is 12.1. The minimum absolute atomic E-state index is 0.0827. The molecule has 0 radical (unpaired) electrons. The van der Waals surface area contributed by atoms with Crippen LogP contribution in [0.4, 0.5) is 4.79 Å². The highest BCUT2D eigenvalue weighted by atomic mass is 32.2. The fourth-order valence-corrected chi connectivity index (χ4v) is 2.98. The van der Waals surface area contributed by atoms with Crippen LogP contribution in [0.15, 0.2) is 0 Å². The van der Waals surface area contributed by atoms with E-state index in [1.54, 1.807) is 0 Å². The van der Waals surface area contributed by atoms with E-state index in [0.717, 1.165) is 12.8 Å². The summed E-state index contributed by atoms with van der Waals surface area (Å²) < 4.78 is 20.2. The van der Waals surface area contributed by atoms with Gasteiger partial charge in [-0.25, -0.2) is 13.7 Å². The van der Waals surface area contributed by atoms with Gasteiger partial charge in [-0.15, -0.1) is 0 Å². The molecule has 1 unspecified atom stereocenters. The van der Waals surface area contributed by atoms with Crippen LogP contribution in [0, 0.1) is 0 Å². The number of alkyl carbamates (subject to hydrolysis) is 1. The lowest BCUT2D eigenvalue weighted by Crippen LogP contribution is -2.62. The van der Waals surface area contributed by atoms with E-state index in [-0.39, 0.29) is 22.4 Å². The Hall–Kier alpha value is -0.620. The van der Waals surface area contributed by atoms with Gasteiger partial charge in [0.05, 0.1) is 15.7 Å². The third-order valence-electron chi connectivity index (χ3n) is 3.01. The van der Waals surface area contributed by atoms with E-state index in [2.05, 4.69) is 10.0 Å². The van der Waals surface area contributed by atoms with Gasteiger partial charge in [0.25, 0.3) is 0 Å². The monoisotopic (exact) mass is 304 g/mol. The predicted molar refractivity (Wildman–Crippen MR) is 81.8 cm³/mol. The van der Waals surface area contributed by atoms with Crippen molar-refractivity contribution in [1.82, 2.24) is 10.0 Å². The second kappa shape index (κ2) is 5.64. The number of hydrogen-bond acceptors (Lipinski definition) is 3. The van der Waals surface area contributed by atoms with Gasteiger partial charge in [-0.3, -0.25) is 0 Å². The number of carbonyl (C=O) groups excluding carboxylic acids is 1. The molecule has 0 bridgehead atoms. The summed E-state index contributed by atoms with van der Waals surface area (Å²) in [5, 5.41) is 2.84. The lowest BCUT2D eigenvalue weighted by atomic mass is 9.75. The minimum Gasteiger partial charge on any atom is -0.444 e. The Morgan fingerprint density at radius 3 is 2.10 bits per heavy atom. The van der Waals surface area contributed by atoms with Crippen LogP contribution < -0.4 is 10.0 Å². The summed E-state index contributed by atoms with van der Waals surface area (Å²) in [6.45, 7) is 13.4. The number of nitrogens with one attached hydrogen (secondary N) is 2. The lowest BCUT2D eigenvalue weighted by molar-refractivity contribution is 0.0437. The highest BCUT2D eigenvalue weighted by Gasteiger charge is 2.43. The summed E-state index contributed by atoms with van der Waals surface area (Å²) in [6.07, 6.45) is 1.13. The average Bonchev–Trinajstić information content (AvgIpc) is 2.09. The Bertz CT molecular complexity index is 390. The summed E-state index contributed by atoms with van der Waals surface area (Å²) in [6, 6.07) is 0.0827. The molecular weight excluding hydrogens is 276 g/mol. The van der Waals surface area contributed by atoms with Crippen molar-refractivity contribution in [2.24, 2.45) is 0 Å². The molecule has 0 aliphatic heterocycles. The van der Waals surface area contributed by atoms with Gasteiger partial charge in [0.1, 0.15) is 5.60 Å². The summed E-state index contributed by atoms with van der Waals surface area (Å²) >= 11 is 0. The molecule has 0 aromatic carbocycles. The zero-order valence-electron chi connectivity index (χ0n) is 13.6. The Morgan fingerprint density at radius 1 is 1.20 bits per heavy atom. The normalized spacial score (nSPS) is 28.4. The van der Waals surface area contributed by atoms with Crippen LogP contribution in [0.2, 0.25) is 0 Å². The summed E-state index contributed by atoms with van der Waals surface area (Å²) in [4.78, 5) is 11.6. The van der Waals surface area contributed by atoms with Crippen LogP contribution in [-0.2, 0) is 15.7 Å². The third kappa shape index (κ3) is 5.40. The van der Waals surface area contributed by atoms with E-state index >= 15 is 0 Å². The van der Waals surface area contributed by atoms with Crippen LogP contribution in [-0.4, -0.2) is 32.2 Å². The standard InChI is InChI=1S/C14H28N2O3S/c1-12(2,3)19-11(17)15-10-8-14(7,9-10)16-20(18)13(4,5)6/h10,16H,8-9H2,1-7H3,(H,15,17). The predicted octanol–water partition coefficient (Wildman–Crippen LogP) is 2.48. The SMILES string of the molecule is CC1(NS(=O)C(C)(C)C)CC(NC(=O)OC(C)(C)C)C1. The lowest BCUT2D eigenvalue weighted by Gasteiger charge is -2.46. The van der Waals surface area contributed by atoms with Crippen LogP contribution in [0.25, 0.3) is 0 Å². The van der Waals surface area contributed by atoms with E-state index < -0.39 is 16.6 Å². The third-order valence-corrected chi connectivity index (χ3v) is 4.80. The maximum Gasteiger partial charge on any atom is 0.407 e. The van der Waals surface area contributed by atoms with Crippen molar-refractivity contribution in [2.75, 3.05) is 0 Å². The van der Waals surface area contributed by atoms with E-state index in [4.69, 9.17) is 4.74 Å². The first-order chi connectivity index (χ1) is 8.81.